The van der Waals surface area contributed by atoms with E-state index in [4.69, 9.17) is 4.74 Å². The Hall–Kier alpha value is -3.28. The van der Waals surface area contributed by atoms with Gasteiger partial charge in [0.1, 0.15) is 18.5 Å². The normalized spacial score (nSPS) is 10.5. The number of aryl methyl sites for hydroxylation is 1. The molecule has 120 valence electrons. The third kappa shape index (κ3) is 3.08. The van der Waals surface area contributed by atoms with Crippen molar-refractivity contribution in [3.8, 4) is 0 Å². The first-order chi connectivity index (χ1) is 11.6. The molecule has 24 heavy (non-hydrogen) atoms. The quantitative estimate of drug-likeness (QED) is 0.543. The topological polar surface area (TPSA) is 77.7 Å². The molecule has 0 spiro atoms. The van der Waals surface area contributed by atoms with E-state index in [0.29, 0.717) is 28.8 Å². The lowest BCUT2D eigenvalue weighted by molar-refractivity contribution is 0.0467. The van der Waals surface area contributed by atoms with E-state index < -0.39 is 5.97 Å². The highest BCUT2D eigenvalue weighted by Gasteiger charge is 2.09. The molecule has 0 saturated heterocycles. The molecule has 6 nitrogen and oxygen atoms in total. The van der Waals surface area contributed by atoms with Gasteiger partial charge in [0.25, 0.3) is 5.56 Å². The summed E-state index contributed by atoms with van der Waals surface area (Å²) < 4.78 is 6.67. The van der Waals surface area contributed by atoms with Crippen molar-refractivity contribution < 1.29 is 14.3 Å². The number of nitrogens with zero attached hydrogens (tertiary/aromatic N) is 2. The highest BCUT2D eigenvalue weighted by atomic mass is 16.5. The Balaban J connectivity index is 1.79. The van der Waals surface area contributed by atoms with E-state index in [-0.39, 0.29) is 12.2 Å². The van der Waals surface area contributed by atoms with E-state index >= 15 is 0 Å². The van der Waals surface area contributed by atoms with Gasteiger partial charge in [-0.2, -0.15) is 0 Å². The van der Waals surface area contributed by atoms with Gasteiger partial charge in [-0.05, 0) is 31.2 Å². The Morgan fingerprint density at radius 1 is 1.21 bits per heavy atom. The third-order valence-electron chi connectivity index (χ3n) is 3.57. The fourth-order valence-corrected chi connectivity index (χ4v) is 2.36. The molecule has 0 radical (unpaired) electrons. The Morgan fingerprint density at radius 3 is 2.67 bits per heavy atom. The summed E-state index contributed by atoms with van der Waals surface area (Å²) in [6.07, 6.45) is 0.698. The van der Waals surface area contributed by atoms with Crippen molar-refractivity contribution in [1.29, 1.82) is 0 Å². The van der Waals surface area contributed by atoms with Gasteiger partial charge in [0.2, 0.25) is 0 Å². The summed E-state index contributed by atoms with van der Waals surface area (Å²) in [7, 11) is 0. The van der Waals surface area contributed by atoms with Crippen molar-refractivity contribution in [3.05, 3.63) is 81.4 Å². The van der Waals surface area contributed by atoms with Crippen molar-refractivity contribution in [1.82, 2.24) is 9.38 Å². The van der Waals surface area contributed by atoms with Gasteiger partial charge in [-0.25, -0.2) is 9.78 Å². The molecule has 0 saturated carbocycles. The monoisotopic (exact) mass is 322 g/mol. The predicted molar refractivity (Wildman–Crippen MR) is 87.1 cm³/mol. The second-order valence-corrected chi connectivity index (χ2v) is 5.26. The standard InChI is InChI=1S/C18H14N2O4/c1-12-3-2-4-16-19-15(9-17(22)20(12)16)11-24-18(23)14-7-5-13(10-21)6-8-14/h2-10H,11H2,1H3. The number of carbonyl (C=O) groups excluding carboxylic acids is 2. The zero-order valence-corrected chi connectivity index (χ0v) is 12.9. The average molecular weight is 322 g/mol. The number of aromatic nitrogens is 2. The van der Waals surface area contributed by atoms with Gasteiger partial charge in [-0.3, -0.25) is 14.0 Å². The average Bonchev–Trinajstić information content (AvgIpc) is 2.59. The van der Waals surface area contributed by atoms with Crippen LogP contribution in [0.2, 0.25) is 0 Å². The molecule has 0 aliphatic rings. The Kier molecular flexibility index (Phi) is 4.20. The van der Waals surface area contributed by atoms with Crippen molar-refractivity contribution in [3.63, 3.8) is 0 Å². The maximum atomic E-state index is 12.2. The van der Waals surface area contributed by atoms with E-state index in [1.165, 1.54) is 34.7 Å². The molecule has 1 aromatic carbocycles. The highest BCUT2D eigenvalue weighted by molar-refractivity contribution is 5.90. The SMILES string of the molecule is Cc1cccc2nc(COC(=O)c3ccc(C=O)cc3)cc(=O)n12. The molecule has 2 aromatic heterocycles. The molecule has 3 aromatic rings. The van der Waals surface area contributed by atoms with Crippen molar-refractivity contribution in [2.75, 3.05) is 0 Å². The maximum Gasteiger partial charge on any atom is 0.338 e. The lowest BCUT2D eigenvalue weighted by atomic mass is 10.1. The van der Waals surface area contributed by atoms with Crippen LogP contribution in [0.15, 0.2) is 53.3 Å². The summed E-state index contributed by atoms with van der Waals surface area (Å²) >= 11 is 0. The second-order valence-electron chi connectivity index (χ2n) is 5.26. The molecule has 6 heteroatoms. The van der Waals surface area contributed by atoms with E-state index in [1.807, 2.05) is 19.1 Å². The highest BCUT2D eigenvalue weighted by Crippen LogP contribution is 2.08. The number of pyridine rings is 1. The first-order valence-electron chi connectivity index (χ1n) is 7.29. The Bertz CT molecular complexity index is 974. The lowest BCUT2D eigenvalue weighted by Gasteiger charge is -2.07. The molecule has 2 heterocycles. The molecular formula is C18H14N2O4. The van der Waals surface area contributed by atoms with Crippen molar-refractivity contribution in [2.45, 2.75) is 13.5 Å². The van der Waals surface area contributed by atoms with Gasteiger partial charge in [0.15, 0.2) is 0 Å². The zero-order valence-electron chi connectivity index (χ0n) is 12.9. The molecule has 0 aliphatic carbocycles. The molecule has 3 rings (SSSR count). The molecule has 0 aliphatic heterocycles. The van der Waals surface area contributed by atoms with Crippen LogP contribution in [0.5, 0.6) is 0 Å². The van der Waals surface area contributed by atoms with Crippen molar-refractivity contribution in [2.24, 2.45) is 0 Å². The second kappa shape index (κ2) is 6.45. The van der Waals surface area contributed by atoms with Crippen LogP contribution in [0.25, 0.3) is 5.65 Å². The van der Waals surface area contributed by atoms with Crippen LogP contribution in [0.3, 0.4) is 0 Å². The minimum atomic E-state index is -0.543. The zero-order chi connectivity index (χ0) is 17.1. The van der Waals surface area contributed by atoms with E-state index in [0.717, 1.165) is 5.69 Å². The number of hydrogen-bond donors (Lipinski definition) is 0. The van der Waals surface area contributed by atoms with Gasteiger partial charge in [-0.1, -0.05) is 18.2 Å². The number of carbonyl (C=O) groups is 2. The first kappa shape index (κ1) is 15.6. The summed E-state index contributed by atoms with van der Waals surface area (Å²) in [6.45, 7) is 1.71. The summed E-state index contributed by atoms with van der Waals surface area (Å²) in [5.74, 6) is -0.543. The van der Waals surface area contributed by atoms with Crippen LogP contribution in [-0.2, 0) is 11.3 Å². The number of esters is 1. The molecule has 0 N–H and O–H groups in total. The number of aldehydes is 1. The molecule has 0 fully saturated rings. The van der Waals surface area contributed by atoms with Gasteiger partial charge in [0.05, 0.1) is 11.3 Å². The van der Waals surface area contributed by atoms with E-state index in [2.05, 4.69) is 4.98 Å². The maximum absolute atomic E-state index is 12.2. The summed E-state index contributed by atoms with van der Waals surface area (Å²) in [5, 5.41) is 0. The largest absolute Gasteiger partial charge is 0.456 e. The fraction of sp³-hybridized carbons (Fsp3) is 0.111. The van der Waals surface area contributed by atoms with Crippen LogP contribution >= 0.6 is 0 Å². The summed E-state index contributed by atoms with van der Waals surface area (Å²) in [4.78, 5) is 39.1. The smallest absolute Gasteiger partial charge is 0.338 e. The summed E-state index contributed by atoms with van der Waals surface area (Å²) in [6, 6.07) is 12.8. The number of fused-ring (bicyclic) bond motifs is 1. The van der Waals surface area contributed by atoms with Gasteiger partial charge in [-0.15, -0.1) is 0 Å². The van der Waals surface area contributed by atoms with Gasteiger partial charge < -0.3 is 4.74 Å². The fourth-order valence-electron chi connectivity index (χ4n) is 2.36. The minimum Gasteiger partial charge on any atom is -0.456 e. The number of benzene rings is 1. The van der Waals surface area contributed by atoms with Gasteiger partial charge in [0, 0.05) is 17.3 Å². The molecule has 0 bridgehead atoms. The number of hydrogen-bond acceptors (Lipinski definition) is 5. The predicted octanol–water partition coefficient (Wildman–Crippen LogP) is 2.17. The Morgan fingerprint density at radius 2 is 1.96 bits per heavy atom. The first-order valence-corrected chi connectivity index (χ1v) is 7.29. The number of rotatable bonds is 4. The van der Waals surface area contributed by atoms with Crippen LogP contribution in [0.1, 0.15) is 32.1 Å². The minimum absolute atomic E-state index is 0.103. The third-order valence-corrected chi connectivity index (χ3v) is 3.57. The molecule has 0 amide bonds. The van der Waals surface area contributed by atoms with Crippen molar-refractivity contribution >= 4 is 17.9 Å². The number of ether oxygens (including phenoxy) is 1. The molecule has 0 atom stereocenters. The van der Waals surface area contributed by atoms with E-state index in [9.17, 15) is 14.4 Å². The van der Waals surface area contributed by atoms with Crippen LogP contribution in [0.4, 0.5) is 0 Å². The van der Waals surface area contributed by atoms with Crippen LogP contribution in [0, 0.1) is 6.92 Å². The van der Waals surface area contributed by atoms with Gasteiger partial charge >= 0.3 is 5.97 Å². The van der Waals surface area contributed by atoms with E-state index in [1.54, 1.807) is 6.07 Å². The Labute approximate surface area is 137 Å². The summed E-state index contributed by atoms with van der Waals surface area (Å²) in [5.41, 5.74) is 2.25. The van der Waals surface area contributed by atoms with Crippen LogP contribution in [-0.4, -0.2) is 21.6 Å². The lowest BCUT2D eigenvalue weighted by Crippen LogP contribution is -2.18. The van der Waals surface area contributed by atoms with Crippen LogP contribution < -0.4 is 5.56 Å². The molecule has 0 unspecified atom stereocenters. The molecular weight excluding hydrogens is 308 g/mol.